The number of halogens is 1. The molecule has 27 heavy (non-hydrogen) atoms. The fourth-order valence-corrected chi connectivity index (χ4v) is 4.34. The second-order valence-corrected chi connectivity index (χ2v) is 8.48. The molecule has 2 atom stereocenters. The maximum absolute atomic E-state index is 14.0. The van der Waals surface area contributed by atoms with E-state index in [9.17, 15) is 14.0 Å². The van der Waals surface area contributed by atoms with Crippen LogP contribution >= 0.6 is 0 Å². The number of fused-ring (bicyclic) bond motifs is 2. The molecule has 0 saturated carbocycles. The molecular weight excluding hydrogens is 349 g/mol. The summed E-state index contributed by atoms with van der Waals surface area (Å²) in [7, 11) is 1.37. The van der Waals surface area contributed by atoms with Crippen molar-refractivity contribution in [2.75, 3.05) is 7.11 Å². The Labute approximate surface area is 159 Å². The first-order chi connectivity index (χ1) is 12.7. The Kier molecular flexibility index (Phi) is 5.45. The molecule has 0 aromatic heterocycles. The zero-order chi connectivity index (χ0) is 19.8. The van der Waals surface area contributed by atoms with Gasteiger partial charge in [-0.3, -0.25) is 4.79 Å². The minimum Gasteiger partial charge on any atom is -0.493 e. The lowest BCUT2D eigenvalue weighted by Gasteiger charge is -2.48. The normalized spacial score (nSPS) is 25.1. The summed E-state index contributed by atoms with van der Waals surface area (Å²) in [5, 5.41) is 0. The Bertz CT molecular complexity index is 713. The molecule has 2 heterocycles. The standard InChI is InChI=1S/C21H28FNO4/c1-21(2,3)27-20(25)23-14-7-5-8-15(23)12-13(11-14)18(24)16-9-6-10-17(22)19(16)26-4/h6,9-10,13-15H,5,7-8,11-12H2,1-4H3. The quantitative estimate of drug-likeness (QED) is 0.723. The van der Waals surface area contributed by atoms with Gasteiger partial charge in [-0.15, -0.1) is 0 Å². The van der Waals surface area contributed by atoms with E-state index in [0.29, 0.717) is 12.8 Å². The average molecular weight is 377 g/mol. The van der Waals surface area contributed by atoms with Crippen molar-refractivity contribution in [2.24, 2.45) is 5.92 Å². The lowest BCUT2D eigenvalue weighted by Crippen LogP contribution is -2.56. The molecular formula is C21H28FNO4. The first-order valence-corrected chi connectivity index (χ1v) is 9.59. The van der Waals surface area contributed by atoms with Crippen LogP contribution in [0.4, 0.5) is 9.18 Å². The predicted molar refractivity (Wildman–Crippen MR) is 99.5 cm³/mol. The van der Waals surface area contributed by atoms with E-state index in [-0.39, 0.29) is 41.2 Å². The summed E-state index contributed by atoms with van der Waals surface area (Å²) < 4.78 is 24.7. The van der Waals surface area contributed by atoms with Gasteiger partial charge in [0.15, 0.2) is 17.3 Å². The summed E-state index contributed by atoms with van der Waals surface area (Å²) in [5.41, 5.74) is -0.265. The van der Waals surface area contributed by atoms with E-state index < -0.39 is 11.4 Å². The van der Waals surface area contributed by atoms with Crippen LogP contribution in [0, 0.1) is 11.7 Å². The van der Waals surface area contributed by atoms with Crippen molar-refractivity contribution in [3.63, 3.8) is 0 Å². The second-order valence-electron chi connectivity index (χ2n) is 8.48. The van der Waals surface area contributed by atoms with Crippen LogP contribution < -0.4 is 4.74 Å². The summed E-state index contributed by atoms with van der Waals surface area (Å²) >= 11 is 0. The topological polar surface area (TPSA) is 55.8 Å². The Morgan fingerprint density at radius 3 is 2.33 bits per heavy atom. The van der Waals surface area contributed by atoms with E-state index in [1.807, 2.05) is 25.7 Å². The first kappa shape index (κ1) is 19.6. The van der Waals surface area contributed by atoms with Crippen LogP contribution in [0.1, 0.15) is 63.2 Å². The van der Waals surface area contributed by atoms with Crippen molar-refractivity contribution in [3.05, 3.63) is 29.6 Å². The third-order valence-corrected chi connectivity index (χ3v) is 5.39. The molecule has 2 unspecified atom stereocenters. The number of hydrogen-bond acceptors (Lipinski definition) is 4. The van der Waals surface area contributed by atoms with E-state index in [1.165, 1.54) is 19.2 Å². The lowest BCUT2D eigenvalue weighted by molar-refractivity contribution is -0.0261. The summed E-state index contributed by atoms with van der Waals surface area (Å²) in [4.78, 5) is 27.6. The average Bonchev–Trinajstić information content (AvgIpc) is 2.58. The second kappa shape index (κ2) is 7.49. The number of nitrogens with zero attached hydrogens (tertiary/aromatic N) is 1. The number of amides is 1. The van der Waals surface area contributed by atoms with E-state index in [4.69, 9.17) is 9.47 Å². The van der Waals surface area contributed by atoms with Crippen LogP contribution in [0.25, 0.3) is 0 Å². The molecule has 2 bridgehead atoms. The SMILES string of the molecule is COc1c(F)cccc1C(=O)C1CC2CCCC(C1)N2C(=O)OC(C)(C)C. The number of hydrogen-bond donors (Lipinski definition) is 0. The monoisotopic (exact) mass is 377 g/mol. The van der Waals surface area contributed by atoms with Gasteiger partial charge in [-0.05, 0) is 65.0 Å². The first-order valence-electron chi connectivity index (χ1n) is 9.59. The molecule has 1 aromatic carbocycles. The van der Waals surface area contributed by atoms with Gasteiger partial charge in [-0.25, -0.2) is 9.18 Å². The van der Waals surface area contributed by atoms with Crippen LogP contribution in [-0.2, 0) is 4.74 Å². The van der Waals surface area contributed by atoms with Crippen LogP contribution in [0.2, 0.25) is 0 Å². The van der Waals surface area contributed by atoms with Crippen LogP contribution in [0.5, 0.6) is 5.75 Å². The van der Waals surface area contributed by atoms with Gasteiger partial charge >= 0.3 is 6.09 Å². The van der Waals surface area contributed by atoms with Crippen molar-refractivity contribution in [1.29, 1.82) is 0 Å². The van der Waals surface area contributed by atoms with Gasteiger partial charge in [0.05, 0.1) is 12.7 Å². The Balaban J connectivity index is 1.80. The van der Waals surface area contributed by atoms with Crippen molar-refractivity contribution >= 4 is 11.9 Å². The highest BCUT2D eigenvalue weighted by atomic mass is 19.1. The van der Waals surface area contributed by atoms with Gasteiger partial charge in [-0.2, -0.15) is 0 Å². The van der Waals surface area contributed by atoms with Crippen LogP contribution in [0.15, 0.2) is 18.2 Å². The van der Waals surface area contributed by atoms with E-state index >= 15 is 0 Å². The molecule has 148 valence electrons. The van der Waals surface area contributed by atoms with Crippen LogP contribution in [-0.4, -0.2) is 41.6 Å². The molecule has 1 aromatic rings. The number of ketones is 1. The van der Waals surface area contributed by atoms with Crippen molar-refractivity contribution in [1.82, 2.24) is 4.90 Å². The van der Waals surface area contributed by atoms with Gasteiger partial charge in [-0.1, -0.05) is 6.07 Å². The minimum absolute atomic E-state index is 0.00207. The molecule has 1 amide bonds. The third kappa shape index (κ3) is 4.09. The number of benzene rings is 1. The summed E-state index contributed by atoms with van der Waals surface area (Å²) in [6, 6.07) is 4.40. The number of rotatable bonds is 3. The fraction of sp³-hybridized carbons (Fsp3) is 0.619. The van der Waals surface area contributed by atoms with E-state index in [2.05, 4.69) is 0 Å². The lowest BCUT2D eigenvalue weighted by atomic mass is 9.75. The zero-order valence-corrected chi connectivity index (χ0v) is 16.5. The molecule has 2 fully saturated rings. The van der Waals surface area contributed by atoms with Crippen molar-refractivity contribution in [3.8, 4) is 5.75 Å². The minimum atomic E-state index is -0.549. The maximum atomic E-state index is 14.0. The molecule has 0 N–H and O–H groups in total. The highest BCUT2D eigenvalue weighted by Crippen LogP contribution is 2.40. The summed E-state index contributed by atoms with van der Waals surface area (Å²) in [6.45, 7) is 5.56. The summed E-state index contributed by atoms with van der Waals surface area (Å²) in [5.74, 6) is -0.876. The van der Waals surface area contributed by atoms with Gasteiger partial charge in [0.2, 0.25) is 0 Å². The van der Waals surface area contributed by atoms with Gasteiger partial charge in [0, 0.05) is 18.0 Å². The third-order valence-electron chi connectivity index (χ3n) is 5.39. The van der Waals surface area contributed by atoms with E-state index in [1.54, 1.807) is 6.07 Å². The molecule has 2 aliphatic heterocycles. The number of carbonyl (C=O) groups excluding carboxylic acids is 2. The molecule has 0 aliphatic carbocycles. The molecule has 5 nitrogen and oxygen atoms in total. The number of Topliss-reactive ketones (excluding diaryl/α,β-unsaturated/α-hetero) is 1. The smallest absolute Gasteiger partial charge is 0.410 e. The molecule has 2 saturated heterocycles. The zero-order valence-electron chi connectivity index (χ0n) is 16.5. The number of ether oxygens (including phenoxy) is 2. The molecule has 0 radical (unpaired) electrons. The Morgan fingerprint density at radius 2 is 1.78 bits per heavy atom. The predicted octanol–water partition coefficient (Wildman–Crippen LogP) is 4.59. The molecule has 3 rings (SSSR count). The van der Waals surface area contributed by atoms with Crippen LogP contribution in [0.3, 0.4) is 0 Å². The Hall–Kier alpha value is -2.11. The molecule has 0 spiro atoms. The highest BCUT2D eigenvalue weighted by Gasteiger charge is 2.44. The number of piperidine rings is 2. The van der Waals surface area contributed by atoms with E-state index in [0.717, 1.165) is 19.3 Å². The number of para-hydroxylation sites is 1. The molecule has 6 heteroatoms. The number of carbonyl (C=O) groups is 2. The van der Waals surface area contributed by atoms with Gasteiger partial charge < -0.3 is 14.4 Å². The van der Waals surface area contributed by atoms with Gasteiger partial charge in [0.1, 0.15) is 5.60 Å². The van der Waals surface area contributed by atoms with Gasteiger partial charge in [0.25, 0.3) is 0 Å². The fourth-order valence-electron chi connectivity index (χ4n) is 4.34. The molecule has 2 aliphatic rings. The summed E-state index contributed by atoms with van der Waals surface area (Å²) in [6.07, 6.45) is 3.62. The highest BCUT2D eigenvalue weighted by molar-refractivity contribution is 6.00. The number of methoxy groups -OCH3 is 1. The van der Waals surface area contributed by atoms with Crippen molar-refractivity contribution in [2.45, 2.75) is 70.6 Å². The van der Waals surface area contributed by atoms with Crippen molar-refractivity contribution < 1.29 is 23.5 Å². The maximum Gasteiger partial charge on any atom is 0.410 e. The Morgan fingerprint density at radius 1 is 1.15 bits per heavy atom. The largest absolute Gasteiger partial charge is 0.493 e.